The zero-order valence-corrected chi connectivity index (χ0v) is 25.7. The lowest BCUT2D eigenvalue weighted by Gasteiger charge is -2.62. The van der Waals surface area contributed by atoms with E-state index in [0.29, 0.717) is 41.9 Å². The molecule has 4 saturated carbocycles. The Hall–Kier alpha value is -1.93. The van der Waals surface area contributed by atoms with Gasteiger partial charge in [-0.05, 0) is 123 Å². The fraction of sp³-hybridized carbons (Fsp3) is 0.750. The van der Waals surface area contributed by atoms with Gasteiger partial charge in [-0.25, -0.2) is 4.83 Å². The summed E-state index contributed by atoms with van der Waals surface area (Å²) in [7, 11) is -2.24. The number of fused-ring (bicyclic) bond motifs is 5. The Morgan fingerprint density at radius 1 is 1.12 bits per heavy atom. The number of hydrogen-bond donors (Lipinski definition) is 2. The minimum absolute atomic E-state index is 0.125. The van der Waals surface area contributed by atoms with Crippen LogP contribution in [0.15, 0.2) is 34.3 Å². The molecule has 40 heavy (non-hydrogen) atoms. The number of sulfonamides is 1. The SMILES string of the molecule is COC(=O)CC[C@@H](C)[C@H]1CC[C@H]2[C@@H]3[C@H](O)C[C@@H]4CC(=NNS(=O)(=O)c5ccc(C)cc5)CC[C@]4(C)[C@H]3CC[C@]12C. The molecule has 0 aliphatic heterocycles. The van der Waals surface area contributed by atoms with Gasteiger partial charge in [0, 0.05) is 12.1 Å². The number of aryl methyl sites for hydroxylation is 1. The molecule has 4 fully saturated rings. The number of nitrogens with one attached hydrogen (secondary N) is 1. The molecule has 1 aromatic carbocycles. The lowest BCUT2D eigenvalue weighted by Crippen LogP contribution is -2.58. The van der Waals surface area contributed by atoms with Crippen molar-refractivity contribution in [2.75, 3.05) is 7.11 Å². The lowest BCUT2D eigenvalue weighted by atomic mass is 9.43. The van der Waals surface area contributed by atoms with E-state index in [-0.39, 0.29) is 27.8 Å². The van der Waals surface area contributed by atoms with Crippen LogP contribution in [0.25, 0.3) is 0 Å². The predicted molar refractivity (Wildman–Crippen MR) is 156 cm³/mol. The summed E-state index contributed by atoms with van der Waals surface area (Å²) in [6.45, 7) is 9.13. The number of carbonyl (C=O) groups excluding carboxylic acids is 1. The average Bonchev–Trinajstić information content (AvgIpc) is 3.28. The van der Waals surface area contributed by atoms with Gasteiger partial charge < -0.3 is 9.84 Å². The molecular weight excluding hydrogens is 524 g/mol. The number of aliphatic hydroxyl groups excluding tert-OH is 1. The van der Waals surface area contributed by atoms with Crippen molar-refractivity contribution in [2.45, 2.75) is 103 Å². The van der Waals surface area contributed by atoms with Crippen molar-refractivity contribution < 1.29 is 23.1 Å². The Morgan fingerprint density at radius 2 is 1.82 bits per heavy atom. The van der Waals surface area contributed by atoms with E-state index in [9.17, 15) is 18.3 Å². The second-order valence-corrected chi connectivity index (χ2v) is 15.6. The van der Waals surface area contributed by atoms with Crippen molar-refractivity contribution in [3.05, 3.63) is 29.8 Å². The van der Waals surface area contributed by atoms with Gasteiger partial charge in [0.2, 0.25) is 0 Å². The van der Waals surface area contributed by atoms with E-state index in [1.54, 1.807) is 24.3 Å². The van der Waals surface area contributed by atoms with Gasteiger partial charge in [-0.2, -0.15) is 13.5 Å². The molecule has 0 spiro atoms. The third-order valence-electron chi connectivity index (χ3n) is 12.0. The predicted octanol–water partition coefficient (Wildman–Crippen LogP) is 5.85. The fourth-order valence-electron chi connectivity index (χ4n) is 9.65. The summed E-state index contributed by atoms with van der Waals surface area (Å²) in [4.78, 5) is 14.5. The van der Waals surface area contributed by atoms with Crippen LogP contribution in [0.2, 0.25) is 0 Å². The number of aliphatic hydroxyl groups is 1. The van der Waals surface area contributed by atoms with Crippen molar-refractivity contribution in [3.8, 4) is 0 Å². The highest BCUT2D eigenvalue weighted by Gasteiger charge is 2.62. The van der Waals surface area contributed by atoms with Gasteiger partial charge in [0.1, 0.15) is 0 Å². The van der Waals surface area contributed by atoms with Crippen LogP contribution in [-0.4, -0.2) is 38.4 Å². The van der Waals surface area contributed by atoms with Crippen molar-refractivity contribution >= 4 is 21.7 Å². The normalized spacial score (nSPS) is 39.1. The van der Waals surface area contributed by atoms with Crippen LogP contribution in [0.4, 0.5) is 0 Å². The number of nitrogens with zero attached hydrogens (tertiary/aromatic N) is 1. The first-order chi connectivity index (χ1) is 18.9. The molecule has 4 aliphatic rings. The molecule has 7 nitrogen and oxygen atoms in total. The molecule has 8 heteroatoms. The van der Waals surface area contributed by atoms with Crippen molar-refractivity contribution in [1.29, 1.82) is 0 Å². The van der Waals surface area contributed by atoms with Gasteiger partial charge in [0.05, 0.1) is 18.1 Å². The van der Waals surface area contributed by atoms with E-state index in [1.165, 1.54) is 20.0 Å². The van der Waals surface area contributed by atoms with Crippen LogP contribution in [-0.2, 0) is 19.6 Å². The summed E-state index contributed by atoms with van der Waals surface area (Å²) in [6.07, 6.45) is 8.94. The number of hydrogen-bond acceptors (Lipinski definition) is 6. The highest BCUT2D eigenvalue weighted by Crippen LogP contribution is 2.68. The molecular formula is C32H48N2O5S. The van der Waals surface area contributed by atoms with Crippen LogP contribution in [0.5, 0.6) is 0 Å². The van der Waals surface area contributed by atoms with E-state index in [2.05, 4.69) is 30.7 Å². The number of methoxy groups -OCH3 is 1. The van der Waals surface area contributed by atoms with E-state index in [4.69, 9.17) is 4.74 Å². The van der Waals surface area contributed by atoms with Crippen molar-refractivity contribution in [1.82, 2.24) is 4.83 Å². The Bertz CT molecular complexity index is 1230. The van der Waals surface area contributed by atoms with E-state index < -0.39 is 10.0 Å². The summed E-state index contributed by atoms with van der Waals surface area (Å²) in [6, 6.07) is 6.80. The van der Waals surface area contributed by atoms with Gasteiger partial charge in [-0.3, -0.25) is 4.79 Å². The Kier molecular flexibility index (Phi) is 8.16. The highest BCUT2D eigenvalue weighted by atomic mass is 32.2. The monoisotopic (exact) mass is 572 g/mol. The third-order valence-corrected chi connectivity index (χ3v) is 13.2. The van der Waals surface area contributed by atoms with Crippen LogP contribution in [0.3, 0.4) is 0 Å². The zero-order valence-electron chi connectivity index (χ0n) is 24.9. The summed E-state index contributed by atoms with van der Waals surface area (Å²) < 4.78 is 30.5. The Balaban J connectivity index is 1.28. The molecule has 0 bridgehead atoms. The molecule has 0 saturated heterocycles. The fourth-order valence-corrected chi connectivity index (χ4v) is 10.5. The van der Waals surface area contributed by atoms with Crippen LogP contribution >= 0.6 is 0 Å². The summed E-state index contributed by atoms with van der Waals surface area (Å²) >= 11 is 0. The van der Waals surface area contributed by atoms with Gasteiger partial charge in [0.25, 0.3) is 10.0 Å². The van der Waals surface area contributed by atoms with E-state index in [1.807, 2.05) is 6.92 Å². The Labute approximate surface area is 240 Å². The summed E-state index contributed by atoms with van der Waals surface area (Å²) in [5.41, 5.74) is 2.24. The maximum absolute atomic E-state index is 12.8. The number of hydrazone groups is 1. The lowest BCUT2D eigenvalue weighted by molar-refractivity contribution is -0.157. The molecule has 0 aromatic heterocycles. The summed E-state index contributed by atoms with van der Waals surface area (Å²) in [5, 5.41) is 16.1. The molecule has 9 atom stereocenters. The van der Waals surface area contributed by atoms with Crippen LogP contribution in [0, 0.1) is 53.3 Å². The maximum atomic E-state index is 12.8. The van der Waals surface area contributed by atoms with Gasteiger partial charge in [-0.1, -0.05) is 38.5 Å². The molecule has 0 amide bonds. The first-order valence-corrected chi connectivity index (χ1v) is 16.8. The highest BCUT2D eigenvalue weighted by molar-refractivity contribution is 7.89. The van der Waals surface area contributed by atoms with E-state index >= 15 is 0 Å². The molecule has 2 N–H and O–H groups in total. The molecule has 222 valence electrons. The molecule has 0 heterocycles. The second-order valence-electron chi connectivity index (χ2n) is 13.9. The van der Waals surface area contributed by atoms with Gasteiger partial charge >= 0.3 is 5.97 Å². The molecule has 4 aliphatic carbocycles. The Morgan fingerprint density at radius 3 is 2.52 bits per heavy atom. The standard InChI is InChI=1S/C32H48N2O5S/c1-20-6-9-24(10-7-20)40(37,38)34-33-23-14-16-31(3)22(18-23)19-28(35)30-26-12-11-25(21(2)8-13-29(36)39-5)32(26,4)17-15-27(30)31/h6-7,9-10,21-22,25-28,30,34-35H,8,11-19H2,1-5H3/t21-,22+,25-,26+,27+,28-,30+,31+,32-/m1/s1. The maximum Gasteiger partial charge on any atom is 0.305 e. The second kappa shape index (κ2) is 11.0. The molecule has 5 rings (SSSR count). The number of rotatable bonds is 7. The van der Waals surface area contributed by atoms with Crippen LogP contribution in [0.1, 0.15) is 90.5 Å². The number of ether oxygens (including phenoxy) is 1. The first-order valence-electron chi connectivity index (χ1n) is 15.3. The minimum Gasteiger partial charge on any atom is -0.469 e. The van der Waals surface area contributed by atoms with Crippen LogP contribution < -0.4 is 4.83 Å². The van der Waals surface area contributed by atoms with E-state index in [0.717, 1.165) is 56.2 Å². The summed E-state index contributed by atoms with van der Waals surface area (Å²) in [5.74, 6) is 2.53. The number of esters is 1. The first kappa shape index (κ1) is 29.6. The van der Waals surface area contributed by atoms with Gasteiger partial charge in [0.15, 0.2) is 0 Å². The smallest absolute Gasteiger partial charge is 0.305 e. The van der Waals surface area contributed by atoms with Gasteiger partial charge in [-0.15, -0.1) is 0 Å². The molecule has 0 radical (unpaired) electrons. The van der Waals surface area contributed by atoms with Crippen molar-refractivity contribution in [2.24, 2.45) is 51.4 Å². The average molecular weight is 573 g/mol. The molecule has 1 aromatic rings. The largest absolute Gasteiger partial charge is 0.469 e. The quantitative estimate of drug-likeness (QED) is 0.315. The molecule has 0 unspecified atom stereocenters. The van der Waals surface area contributed by atoms with Crippen molar-refractivity contribution in [3.63, 3.8) is 0 Å². The zero-order chi connectivity index (χ0) is 28.9. The number of carbonyl (C=O) groups is 1. The minimum atomic E-state index is -3.70. The third kappa shape index (κ3) is 5.23. The topological polar surface area (TPSA) is 105 Å². The number of benzene rings is 1.